The molecule has 0 bridgehead atoms. The summed E-state index contributed by atoms with van der Waals surface area (Å²) < 4.78 is 43.6. The summed E-state index contributed by atoms with van der Waals surface area (Å²) in [7, 11) is 1.17. The van der Waals surface area contributed by atoms with E-state index >= 15 is 0 Å². The second kappa shape index (κ2) is 7.63. The van der Waals surface area contributed by atoms with Gasteiger partial charge in [0.1, 0.15) is 0 Å². The Morgan fingerprint density at radius 1 is 1.15 bits per heavy atom. The van der Waals surface area contributed by atoms with Crippen molar-refractivity contribution in [2.75, 3.05) is 25.1 Å². The van der Waals surface area contributed by atoms with Gasteiger partial charge in [0, 0.05) is 24.8 Å². The van der Waals surface area contributed by atoms with Crippen molar-refractivity contribution in [2.45, 2.75) is 25.1 Å². The number of piperidine rings is 1. The Bertz CT molecular complexity index is 682. The van der Waals surface area contributed by atoms with Crippen molar-refractivity contribution < 1.29 is 37.4 Å². The zero-order valence-corrected chi connectivity index (χ0v) is 13.8. The van der Waals surface area contributed by atoms with Gasteiger partial charge in [-0.25, -0.2) is 9.59 Å². The summed E-state index contributed by atoms with van der Waals surface area (Å²) in [4.78, 5) is 36.0. The molecule has 2 amide bonds. The number of esters is 1. The van der Waals surface area contributed by atoms with Crippen LogP contribution in [0.2, 0.25) is 0 Å². The number of methoxy groups -OCH3 is 1. The molecule has 0 aromatic heterocycles. The zero-order valence-electron chi connectivity index (χ0n) is 13.8. The molecule has 7 nitrogen and oxygen atoms in total. The number of carboxylic acid groups (broad SMARTS) is 1. The van der Waals surface area contributed by atoms with E-state index in [1.54, 1.807) is 0 Å². The van der Waals surface area contributed by atoms with Gasteiger partial charge in [-0.3, -0.25) is 4.79 Å². The highest BCUT2D eigenvalue weighted by Crippen LogP contribution is 2.30. The minimum atomic E-state index is -5.08. The van der Waals surface area contributed by atoms with Crippen LogP contribution in [0.25, 0.3) is 0 Å². The third-order valence-corrected chi connectivity index (χ3v) is 4.13. The molecule has 0 spiro atoms. The third kappa shape index (κ3) is 4.24. The quantitative estimate of drug-likeness (QED) is 0.822. The summed E-state index contributed by atoms with van der Waals surface area (Å²) in [6.45, 7) is 0.0593. The first-order chi connectivity index (χ1) is 12.1. The van der Waals surface area contributed by atoms with Gasteiger partial charge in [-0.05, 0) is 37.1 Å². The predicted molar refractivity (Wildman–Crippen MR) is 83.9 cm³/mol. The molecule has 1 aliphatic heterocycles. The predicted octanol–water partition coefficient (Wildman–Crippen LogP) is 2.51. The maximum atomic E-state index is 13.0. The molecule has 10 heteroatoms. The summed E-state index contributed by atoms with van der Waals surface area (Å²) >= 11 is 0. The van der Waals surface area contributed by atoms with E-state index in [2.05, 4.69) is 4.74 Å². The van der Waals surface area contributed by atoms with Gasteiger partial charge in [-0.15, -0.1) is 0 Å². The number of amides is 2. The van der Waals surface area contributed by atoms with Crippen molar-refractivity contribution in [1.82, 2.24) is 4.90 Å². The third-order valence-electron chi connectivity index (χ3n) is 4.13. The largest absolute Gasteiger partial charge is 0.471 e. The Labute approximate surface area is 146 Å². The van der Waals surface area contributed by atoms with E-state index in [4.69, 9.17) is 5.11 Å². The monoisotopic (exact) mass is 374 g/mol. The van der Waals surface area contributed by atoms with E-state index in [9.17, 15) is 27.6 Å². The average Bonchev–Trinajstić information content (AvgIpc) is 2.61. The Morgan fingerprint density at radius 2 is 1.69 bits per heavy atom. The molecule has 0 atom stereocenters. The first kappa shape index (κ1) is 19.5. The fraction of sp³-hybridized carbons (Fsp3) is 0.438. The number of carbonyl (C=O) groups is 3. The zero-order chi connectivity index (χ0) is 19.5. The van der Waals surface area contributed by atoms with Crippen molar-refractivity contribution in [1.29, 1.82) is 0 Å². The van der Waals surface area contributed by atoms with Gasteiger partial charge in [-0.1, -0.05) is 0 Å². The number of ether oxygens (including phenoxy) is 1. The number of anilines is 1. The summed E-state index contributed by atoms with van der Waals surface area (Å²) in [6, 6.07) is 4.21. The molecule has 1 N–H and O–H groups in total. The molecule has 1 saturated heterocycles. The molecule has 0 aliphatic carbocycles. The maximum Gasteiger partial charge on any atom is 0.471 e. The number of carbonyl (C=O) groups excluding carboxylic acids is 2. The van der Waals surface area contributed by atoms with E-state index in [1.165, 1.54) is 31.4 Å². The van der Waals surface area contributed by atoms with Crippen LogP contribution in [-0.4, -0.2) is 60.4 Å². The number of likely N-dealkylation sites (tertiary alicyclic amines) is 1. The van der Waals surface area contributed by atoms with E-state index in [0.29, 0.717) is 4.90 Å². The first-order valence-electron chi connectivity index (χ1n) is 7.71. The number of rotatable bonds is 3. The van der Waals surface area contributed by atoms with E-state index in [1.807, 2.05) is 0 Å². The lowest BCUT2D eigenvalue weighted by Gasteiger charge is -2.37. The molecule has 0 radical (unpaired) electrons. The van der Waals surface area contributed by atoms with Crippen LogP contribution in [0.3, 0.4) is 0 Å². The number of benzene rings is 1. The Hall–Kier alpha value is -2.78. The summed E-state index contributed by atoms with van der Waals surface area (Å²) in [5, 5.41) is 8.95. The topological polar surface area (TPSA) is 87.2 Å². The molecule has 1 heterocycles. The van der Waals surface area contributed by atoms with Gasteiger partial charge in [-0.2, -0.15) is 13.2 Å². The molecular formula is C16H17F3N2O5. The molecule has 1 aromatic carbocycles. The molecule has 1 aliphatic rings. The molecule has 2 rings (SSSR count). The average molecular weight is 374 g/mol. The molecule has 0 saturated carbocycles. The lowest BCUT2D eigenvalue weighted by atomic mass is 10.0. The van der Waals surface area contributed by atoms with Gasteiger partial charge in [0.25, 0.3) is 0 Å². The normalized spacial score (nSPS) is 15.5. The van der Waals surface area contributed by atoms with Gasteiger partial charge in [0.2, 0.25) is 0 Å². The van der Waals surface area contributed by atoms with Crippen LogP contribution in [0.5, 0.6) is 0 Å². The Balaban J connectivity index is 2.29. The fourth-order valence-electron chi connectivity index (χ4n) is 2.82. The Morgan fingerprint density at radius 3 is 2.12 bits per heavy atom. The fourth-order valence-corrected chi connectivity index (χ4v) is 2.82. The van der Waals surface area contributed by atoms with Crippen LogP contribution in [0.15, 0.2) is 24.3 Å². The minimum absolute atomic E-state index is 0.0197. The van der Waals surface area contributed by atoms with Gasteiger partial charge in [0.05, 0.1) is 12.7 Å². The molecule has 1 aromatic rings. The van der Waals surface area contributed by atoms with Crippen LogP contribution >= 0.6 is 0 Å². The Kier molecular flexibility index (Phi) is 5.73. The number of hydrogen-bond acceptors (Lipinski definition) is 4. The van der Waals surface area contributed by atoms with E-state index < -0.39 is 30.2 Å². The van der Waals surface area contributed by atoms with Gasteiger partial charge >= 0.3 is 24.1 Å². The van der Waals surface area contributed by atoms with Crippen molar-refractivity contribution in [2.24, 2.45) is 0 Å². The van der Waals surface area contributed by atoms with Crippen LogP contribution < -0.4 is 4.90 Å². The van der Waals surface area contributed by atoms with Crippen LogP contribution in [0.1, 0.15) is 23.2 Å². The van der Waals surface area contributed by atoms with Gasteiger partial charge < -0.3 is 19.6 Å². The lowest BCUT2D eigenvalue weighted by molar-refractivity contribution is -0.171. The number of halogens is 3. The smallest absolute Gasteiger partial charge is 0.465 e. The highest BCUT2D eigenvalue weighted by atomic mass is 19.4. The molecule has 26 heavy (non-hydrogen) atoms. The first-order valence-corrected chi connectivity index (χ1v) is 7.71. The van der Waals surface area contributed by atoms with Crippen molar-refractivity contribution in [3.8, 4) is 0 Å². The number of hydrogen-bond donors (Lipinski definition) is 1. The molecular weight excluding hydrogens is 357 g/mol. The van der Waals surface area contributed by atoms with Crippen LogP contribution in [0, 0.1) is 0 Å². The van der Waals surface area contributed by atoms with Crippen LogP contribution in [-0.2, 0) is 9.53 Å². The van der Waals surface area contributed by atoms with Crippen LogP contribution in [0.4, 0.5) is 23.7 Å². The summed E-state index contributed by atoms with van der Waals surface area (Å²) in [5.41, 5.74) is 0.116. The summed E-state index contributed by atoms with van der Waals surface area (Å²) in [5.74, 6) is -2.68. The standard InChI is InChI=1S/C16H17F3N2O5/c1-26-13(22)10-2-4-11(5-3-10)21(14(23)16(17,18)19)12-6-8-20(9-7-12)15(24)25/h2-5,12H,6-9H2,1H3,(H,24,25). The number of alkyl halides is 3. The highest BCUT2D eigenvalue weighted by molar-refractivity contribution is 5.98. The maximum absolute atomic E-state index is 13.0. The lowest BCUT2D eigenvalue weighted by Crippen LogP contribution is -2.52. The summed E-state index contributed by atoms with van der Waals surface area (Å²) in [6.07, 6.45) is -6.08. The molecule has 142 valence electrons. The highest BCUT2D eigenvalue weighted by Gasteiger charge is 2.46. The second-order valence-corrected chi connectivity index (χ2v) is 5.71. The molecule has 0 unspecified atom stereocenters. The molecule has 1 fully saturated rings. The second-order valence-electron chi connectivity index (χ2n) is 5.71. The number of nitrogens with zero attached hydrogens (tertiary/aromatic N) is 2. The van der Waals surface area contributed by atoms with Crippen molar-refractivity contribution in [3.63, 3.8) is 0 Å². The SMILES string of the molecule is COC(=O)c1ccc(N(C(=O)C(F)(F)F)C2CCN(C(=O)O)CC2)cc1. The minimum Gasteiger partial charge on any atom is -0.465 e. The van der Waals surface area contributed by atoms with E-state index in [-0.39, 0.29) is 37.2 Å². The van der Waals surface area contributed by atoms with Gasteiger partial charge in [0.15, 0.2) is 0 Å². The van der Waals surface area contributed by atoms with Crippen molar-refractivity contribution in [3.05, 3.63) is 29.8 Å². The van der Waals surface area contributed by atoms with E-state index in [0.717, 1.165) is 4.90 Å². The van der Waals surface area contributed by atoms with Crippen molar-refractivity contribution >= 4 is 23.7 Å².